The minimum absolute atomic E-state index is 0.648. The smallest absolute Gasteiger partial charge is 0.194 e. The third-order valence-corrected chi connectivity index (χ3v) is 3.97. The molecular weight excluding hydrogens is 336 g/mol. The Bertz CT molecular complexity index is 692. The number of aromatic nitrogens is 3. The Morgan fingerprint density at radius 1 is 1.40 bits per heavy atom. The van der Waals surface area contributed by atoms with Crippen molar-refractivity contribution >= 4 is 17.6 Å². The Kier molecular flexibility index (Phi) is 7.47. The maximum Gasteiger partial charge on any atom is 0.194 e. The topological polar surface area (TPSA) is 58.3 Å². The fraction of sp³-hybridized carbons (Fsp3) is 0.389. The predicted molar refractivity (Wildman–Crippen MR) is 103 cm³/mol. The lowest BCUT2D eigenvalue weighted by atomic mass is 10.2. The lowest BCUT2D eigenvalue weighted by Crippen LogP contribution is -2.38. The van der Waals surface area contributed by atoms with E-state index in [-0.39, 0.29) is 0 Å². The highest BCUT2D eigenvalue weighted by atomic mass is 35.5. The van der Waals surface area contributed by atoms with E-state index < -0.39 is 0 Å². The monoisotopic (exact) mass is 360 g/mol. The molecule has 0 aliphatic heterocycles. The summed E-state index contributed by atoms with van der Waals surface area (Å²) in [6, 6.07) is 7.84. The molecule has 0 aliphatic rings. The zero-order chi connectivity index (χ0) is 18.1. The molecule has 1 N–H and O–H groups in total. The van der Waals surface area contributed by atoms with Crippen LogP contribution in [0.1, 0.15) is 18.3 Å². The highest BCUT2D eigenvalue weighted by Gasteiger charge is 2.07. The maximum atomic E-state index is 5.95. The molecule has 134 valence electrons. The van der Waals surface area contributed by atoms with Gasteiger partial charge in [-0.2, -0.15) is 0 Å². The zero-order valence-electron chi connectivity index (χ0n) is 14.8. The van der Waals surface area contributed by atoms with Crippen molar-refractivity contribution < 1.29 is 0 Å². The van der Waals surface area contributed by atoms with E-state index in [1.165, 1.54) is 5.56 Å². The molecule has 0 saturated heterocycles. The van der Waals surface area contributed by atoms with Crippen molar-refractivity contribution in [2.75, 3.05) is 20.1 Å². The van der Waals surface area contributed by atoms with Gasteiger partial charge in [-0.05, 0) is 17.7 Å². The Balaban J connectivity index is 2.00. The number of aryl methyl sites for hydroxylation is 1. The van der Waals surface area contributed by atoms with Gasteiger partial charge in [0.15, 0.2) is 5.96 Å². The van der Waals surface area contributed by atoms with Crippen molar-refractivity contribution in [3.63, 3.8) is 0 Å². The van der Waals surface area contributed by atoms with Crippen molar-refractivity contribution in [1.29, 1.82) is 0 Å². The molecule has 0 unspecified atom stereocenters. The summed E-state index contributed by atoms with van der Waals surface area (Å²) in [4.78, 5) is 6.79. The molecule has 1 aromatic carbocycles. The van der Waals surface area contributed by atoms with Crippen molar-refractivity contribution in [3.8, 4) is 0 Å². The molecule has 0 saturated carbocycles. The molecular formula is C18H25ClN6. The van der Waals surface area contributed by atoms with Crippen LogP contribution >= 0.6 is 11.6 Å². The summed E-state index contributed by atoms with van der Waals surface area (Å²) in [5.74, 6) is 1.81. The van der Waals surface area contributed by atoms with Gasteiger partial charge in [0.25, 0.3) is 0 Å². The van der Waals surface area contributed by atoms with E-state index in [0.717, 1.165) is 36.3 Å². The first-order chi connectivity index (χ1) is 12.1. The van der Waals surface area contributed by atoms with Crippen LogP contribution in [0.5, 0.6) is 0 Å². The molecule has 0 amide bonds. The average Bonchev–Trinajstić information content (AvgIpc) is 3.07. The number of guanidine groups is 1. The second-order valence-electron chi connectivity index (χ2n) is 5.65. The highest BCUT2D eigenvalue weighted by molar-refractivity contribution is 6.30. The number of nitrogens with one attached hydrogen (secondary N) is 1. The first-order valence-electron chi connectivity index (χ1n) is 8.35. The normalized spacial score (nSPS) is 11.4. The van der Waals surface area contributed by atoms with Crippen LogP contribution in [-0.2, 0) is 19.5 Å². The van der Waals surface area contributed by atoms with Crippen molar-refractivity contribution in [3.05, 3.63) is 59.7 Å². The van der Waals surface area contributed by atoms with Crippen LogP contribution < -0.4 is 5.32 Å². The molecule has 0 aliphatic carbocycles. The number of hydrogen-bond acceptors (Lipinski definition) is 3. The van der Waals surface area contributed by atoms with Crippen LogP contribution in [0.25, 0.3) is 0 Å². The van der Waals surface area contributed by atoms with Gasteiger partial charge in [0, 0.05) is 38.1 Å². The second kappa shape index (κ2) is 9.84. The third kappa shape index (κ3) is 5.90. The molecule has 0 bridgehead atoms. The van der Waals surface area contributed by atoms with Gasteiger partial charge in [0.05, 0.1) is 6.54 Å². The minimum atomic E-state index is 0.648. The van der Waals surface area contributed by atoms with E-state index in [1.807, 2.05) is 42.0 Å². The zero-order valence-corrected chi connectivity index (χ0v) is 15.6. The van der Waals surface area contributed by atoms with Gasteiger partial charge in [-0.3, -0.25) is 4.99 Å². The van der Waals surface area contributed by atoms with E-state index in [1.54, 1.807) is 6.33 Å². The summed E-state index contributed by atoms with van der Waals surface area (Å²) in [6.45, 7) is 8.64. The van der Waals surface area contributed by atoms with Gasteiger partial charge >= 0.3 is 0 Å². The molecule has 1 heterocycles. The summed E-state index contributed by atoms with van der Waals surface area (Å²) in [6.07, 6.45) is 4.44. The van der Waals surface area contributed by atoms with E-state index >= 15 is 0 Å². The maximum absolute atomic E-state index is 5.95. The molecule has 6 nitrogen and oxygen atoms in total. The average molecular weight is 361 g/mol. The Morgan fingerprint density at radius 2 is 2.16 bits per heavy atom. The fourth-order valence-electron chi connectivity index (χ4n) is 2.42. The lowest BCUT2D eigenvalue weighted by molar-refractivity contribution is 0.477. The van der Waals surface area contributed by atoms with Gasteiger partial charge < -0.3 is 14.8 Å². The number of rotatable bonds is 8. The van der Waals surface area contributed by atoms with Gasteiger partial charge in [-0.15, -0.1) is 16.8 Å². The predicted octanol–water partition coefficient (Wildman–Crippen LogP) is 2.76. The van der Waals surface area contributed by atoms with Gasteiger partial charge in [0.2, 0.25) is 0 Å². The summed E-state index contributed by atoms with van der Waals surface area (Å²) in [5, 5.41) is 12.1. The minimum Gasteiger partial charge on any atom is -0.353 e. The van der Waals surface area contributed by atoms with E-state index in [9.17, 15) is 0 Å². The van der Waals surface area contributed by atoms with Gasteiger partial charge in [-0.1, -0.05) is 36.7 Å². The number of nitrogens with zero attached hydrogens (tertiary/aromatic N) is 5. The Morgan fingerprint density at radius 3 is 2.84 bits per heavy atom. The number of aliphatic imine (C=N–C) groups is 1. The second-order valence-corrected chi connectivity index (χ2v) is 6.09. The Labute approximate surface area is 154 Å². The SMILES string of the molecule is C=CCNC(=NCCn1cnnc1CC)N(C)Cc1ccc(Cl)cc1. The molecule has 0 spiro atoms. The summed E-state index contributed by atoms with van der Waals surface area (Å²) < 4.78 is 2.04. The largest absolute Gasteiger partial charge is 0.353 e. The van der Waals surface area contributed by atoms with Crippen LogP contribution in [0, 0.1) is 0 Å². The van der Waals surface area contributed by atoms with E-state index in [0.29, 0.717) is 13.1 Å². The van der Waals surface area contributed by atoms with Crippen LogP contribution in [0.3, 0.4) is 0 Å². The molecule has 2 rings (SSSR count). The number of hydrogen-bond donors (Lipinski definition) is 1. The van der Waals surface area contributed by atoms with Crippen molar-refractivity contribution in [2.45, 2.75) is 26.4 Å². The van der Waals surface area contributed by atoms with Crippen LogP contribution in [0.4, 0.5) is 0 Å². The molecule has 0 atom stereocenters. The number of benzene rings is 1. The molecule has 2 aromatic rings. The van der Waals surface area contributed by atoms with E-state index in [4.69, 9.17) is 16.6 Å². The first kappa shape index (κ1) is 19.0. The lowest BCUT2D eigenvalue weighted by Gasteiger charge is -2.22. The van der Waals surface area contributed by atoms with Crippen LogP contribution in [0.15, 0.2) is 48.2 Å². The molecule has 1 aromatic heterocycles. The third-order valence-electron chi connectivity index (χ3n) is 3.71. The first-order valence-corrected chi connectivity index (χ1v) is 8.73. The summed E-state index contributed by atoms with van der Waals surface area (Å²) in [5.41, 5.74) is 1.17. The molecule has 25 heavy (non-hydrogen) atoms. The Hall–Kier alpha value is -2.34. The van der Waals surface area contributed by atoms with Gasteiger partial charge in [-0.25, -0.2) is 0 Å². The van der Waals surface area contributed by atoms with E-state index in [2.05, 4.69) is 33.9 Å². The standard InChI is InChI=1S/C18H25ClN6/c1-4-10-20-18(21-11-12-25-14-22-23-17(25)5-2)24(3)13-15-6-8-16(19)9-7-15/h4,6-9,14H,1,5,10-13H2,2-3H3,(H,20,21). The van der Waals surface area contributed by atoms with Crippen LogP contribution in [0.2, 0.25) is 5.02 Å². The fourth-order valence-corrected chi connectivity index (χ4v) is 2.54. The summed E-state index contributed by atoms with van der Waals surface area (Å²) >= 11 is 5.95. The highest BCUT2D eigenvalue weighted by Crippen LogP contribution is 2.11. The van der Waals surface area contributed by atoms with Crippen LogP contribution in [-0.4, -0.2) is 45.8 Å². The quantitative estimate of drug-likeness (QED) is 0.447. The molecule has 7 heteroatoms. The summed E-state index contributed by atoms with van der Waals surface area (Å²) in [7, 11) is 2.01. The molecule has 0 fully saturated rings. The van der Waals surface area contributed by atoms with Crippen molar-refractivity contribution in [1.82, 2.24) is 25.0 Å². The van der Waals surface area contributed by atoms with Crippen molar-refractivity contribution in [2.24, 2.45) is 4.99 Å². The number of halogens is 1. The van der Waals surface area contributed by atoms with Gasteiger partial charge in [0.1, 0.15) is 12.2 Å². The molecule has 0 radical (unpaired) electrons.